The largest absolute Gasteiger partial charge is 0.453 e. The molecule has 1 atom stereocenters. The lowest BCUT2D eigenvalue weighted by molar-refractivity contribution is -0.137. The number of hydrogen-bond acceptors (Lipinski definition) is 4. The highest BCUT2D eigenvalue weighted by molar-refractivity contribution is 5.96. The molecule has 1 fully saturated rings. The highest BCUT2D eigenvalue weighted by atomic mass is 19.4. The van der Waals surface area contributed by atoms with Crippen LogP contribution in [0.5, 0.6) is 0 Å². The first-order chi connectivity index (χ1) is 14.3. The third-order valence-electron chi connectivity index (χ3n) is 5.08. The maximum absolute atomic E-state index is 13.0. The second kappa shape index (κ2) is 8.40. The van der Waals surface area contributed by atoms with Crippen LogP contribution in [0.1, 0.15) is 55.3 Å². The Bertz CT molecular complexity index is 955. The van der Waals surface area contributed by atoms with E-state index < -0.39 is 29.4 Å². The predicted octanol–water partition coefficient (Wildman–Crippen LogP) is 6.10. The molecular formula is C23H26F3NO4. The number of hydrogen-bond donors (Lipinski definition) is 0. The van der Waals surface area contributed by atoms with E-state index in [2.05, 4.69) is 0 Å². The maximum atomic E-state index is 13.0. The number of carbonyl (C=O) groups excluding carboxylic acids is 2. The Kier molecular flexibility index (Phi) is 6.21. The molecule has 1 aromatic heterocycles. The molecule has 5 nitrogen and oxygen atoms in total. The summed E-state index contributed by atoms with van der Waals surface area (Å²) in [5.74, 6) is -0.151. The number of ether oxygens (including phenoxy) is 1. The van der Waals surface area contributed by atoms with E-state index in [0.29, 0.717) is 36.3 Å². The van der Waals surface area contributed by atoms with Crippen molar-refractivity contribution < 1.29 is 31.9 Å². The third-order valence-corrected chi connectivity index (χ3v) is 5.08. The van der Waals surface area contributed by atoms with Crippen LogP contribution in [0.4, 0.5) is 18.0 Å². The Morgan fingerprint density at radius 2 is 1.77 bits per heavy atom. The second-order valence-corrected chi connectivity index (χ2v) is 8.83. The minimum atomic E-state index is -4.42. The number of ketones is 1. The fraction of sp³-hybridized carbons (Fsp3) is 0.478. The molecule has 168 valence electrons. The molecule has 31 heavy (non-hydrogen) atoms. The summed E-state index contributed by atoms with van der Waals surface area (Å²) in [5.41, 5.74) is -0.254. The highest BCUT2D eigenvalue weighted by Gasteiger charge is 2.33. The zero-order valence-corrected chi connectivity index (χ0v) is 18.0. The van der Waals surface area contributed by atoms with E-state index in [0.717, 1.165) is 12.1 Å². The number of nitrogens with zero attached hydrogens (tertiary/aromatic N) is 1. The molecule has 1 aliphatic rings. The van der Waals surface area contributed by atoms with Gasteiger partial charge in [0.1, 0.15) is 11.4 Å². The van der Waals surface area contributed by atoms with E-state index in [1.807, 2.05) is 0 Å². The Hall–Kier alpha value is -2.77. The molecule has 1 aliphatic heterocycles. The number of rotatable bonds is 3. The van der Waals surface area contributed by atoms with Crippen LogP contribution in [0.3, 0.4) is 0 Å². The Morgan fingerprint density at radius 1 is 1.13 bits per heavy atom. The number of furan rings is 1. The lowest BCUT2D eigenvalue weighted by Crippen LogP contribution is -2.44. The van der Waals surface area contributed by atoms with Crippen molar-refractivity contribution >= 4 is 11.9 Å². The molecule has 2 heterocycles. The summed E-state index contributed by atoms with van der Waals surface area (Å²) in [6.45, 7) is 7.85. The van der Waals surface area contributed by atoms with Crippen molar-refractivity contribution in [3.63, 3.8) is 0 Å². The van der Waals surface area contributed by atoms with E-state index in [4.69, 9.17) is 9.15 Å². The van der Waals surface area contributed by atoms with Crippen LogP contribution in [0.2, 0.25) is 0 Å². The maximum Gasteiger partial charge on any atom is 0.416 e. The molecule has 1 aromatic carbocycles. The molecule has 0 saturated carbocycles. The first-order valence-electron chi connectivity index (χ1n) is 10.2. The first-order valence-corrected chi connectivity index (χ1v) is 10.2. The summed E-state index contributed by atoms with van der Waals surface area (Å²) in [4.78, 5) is 26.9. The molecule has 1 saturated heterocycles. The zero-order valence-electron chi connectivity index (χ0n) is 18.0. The van der Waals surface area contributed by atoms with Crippen molar-refractivity contribution in [2.45, 2.75) is 52.3 Å². The number of alkyl halides is 3. The molecule has 1 amide bonds. The van der Waals surface area contributed by atoms with Crippen molar-refractivity contribution in [1.29, 1.82) is 0 Å². The summed E-state index contributed by atoms with van der Waals surface area (Å²) in [7, 11) is 0. The van der Waals surface area contributed by atoms with Gasteiger partial charge in [-0.2, -0.15) is 13.2 Å². The van der Waals surface area contributed by atoms with Gasteiger partial charge in [-0.05, 0) is 64.3 Å². The Balaban J connectivity index is 1.75. The molecule has 0 aliphatic carbocycles. The number of benzene rings is 1. The number of Topliss-reactive ketones (excluding diaryl/α,β-unsaturated/α-hetero) is 1. The number of aryl methyl sites for hydroxylation is 1. The van der Waals surface area contributed by atoms with Gasteiger partial charge in [-0.1, -0.05) is 12.1 Å². The Labute approximate surface area is 179 Å². The third kappa shape index (κ3) is 5.48. The van der Waals surface area contributed by atoms with Gasteiger partial charge in [-0.25, -0.2) is 4.79 Å². The van der Waals surface area contributed by atoms with Crippen LogP contribution in [0.25, 0.3) is 11.3 Å². The monoisotopic (exact) mass is 437 g/mol. The zero-order chi connectivity index (χ0) is 23.0. The van der Waals surface area contributed by atoms with Gasteiger partial charge in [0.05, 0.1) is 5.56 Å². The van der Waals surface area contributed by atoms with Gasteiger partial charge in [-0.15, -0.1) is 0 Å². The molecule has 0 N–H and O–H groups in total. The second-order valence-electron chi connectivity index (χ2n) is 8.83. The molecule has 8 heteroatoms. The van der Waals surface area contributed by atoms with E-state index in [-0.39, 0.29) is 18.1 Å². The van der Waals surface area contributed by atoms with Crippen LogP contribution in [0.15, 0.2) is 34.7 Å². The highest BCUT2D eigenvalue weighted by Crippen LogP contribution is 2.33. The van der Waals surface area contributed by atoms with E-state index in [1.165, 1.54) is 17.0 Å². The van der Waals surface area contributed by atoms with Crippen LogP contribution in [0, 0.1) is 12.8 Å². The minimum absolute atomic E-state index is 0.142. The van der Waals surface area contributed by atoms with Crippen molar-refractivity contribution in [2.24, 2.45) is 5.92 Å². The molecule has 0 radical (unpaired) electrons. The fourth-order valence-corrected chi connectivity index (χ4v) is 3.59. The first kappa shape index (κ1) is 22.9. The molecule has 1 unspecified atom stereocenters. The van der Waals surface area contributed by atoms with Gasteiger partial charge in [-0.3, -0.25) is 4.79 Å². The minimum Gasteiger partial charge on any atom is -0.453 e. The van der Waals surface area contributed by atoms with E-state index >= 15 is 0 Å². The van der Waals surface area contributed by atoms with Gasteiger partial charge in [0, 0.05) is 24.6 Å². The van der Waals surface area contributed by atoms with Crippen molar-refractivity contribution in [3.05, 3.63) is 47.2 Å². The van der Waals surface area contributed by atoms with Crippen LogP contribution >= 0.6 is 0 Å². The van der Waals surface area contributed by atoms with Gasteiger partial charge >= 0.3 is 12.3 Å². The lowest BCUT2D eigenvalue weighted by Gasteiger charge is -2.33. The normalized spacial score (nSPS) is 17.5. The summed E-state index contributed by atoms with van der Waals surface area (Å²) < 4.78 is 49.5. The van der Waals surface area contributed by atoms with Crippen molar-refractivity contribution in [1.82, 2.24) is 4.90 Å². The quantitative estimate of drug-likeness (QED) is 0.544. The topological polar surface area (TPSA) is 59.8 Å². The van der Waals surface area contributed by atoms with Crippen LogP contribution in [-0.4, -0.2) is 35.5 Å². The Morgan fingerprint density at radius 3 is 2.35 bits per heavy atom. The van der Waals surface area contributed by atoms with Gasteiger partial charge in [0.15, 0.2) is 5.76 Å². The average molecular weight is 437 g/mol. The van der Waals surface area contributed by atoms with Gasteiger partial charge < -0.3 is 14.1 Å². The number of carbonyl (C=O) groups is 2. The average Bonchev–Trinajstić information content (AvgIpc) is 3.07. The summed E-state index contributed by atoms with van der Waals surface area (Å²) >= 11 is 0. The molecule has 0 bridgehead atoms. The molecule has 3 rings (SSSR count). The van der Waals surface area contributed by atoms with E-state index in [9.17, 15) is 22.8 Å². The number of piperidine rings is 1. The lowest BCUT2D eigenvalue weighted by atomic mass is 9.92. The SMILES string of the molecule is Cc1cc(C(=O)C2CCCN(C(=O)OC(C)(C)C)C2)oc1-c1ccc(C(F)(F)F)cc1. The smallest absolute Gasteiger partial charge is 0.416 e. The van der Waals surface area contributed by atoms with Crippen molar-refractivity contribution in [3.8, 4) is 11.3 Å². The number of halogens is 3. The number of likely N-dealkylation sites (tertiary alicyclic amines) is 1. The van der Waals surface area contributed by atoms with E-state index in [1.54, 1.807) is 33.8 Å². The van der Waals surface area contributed by atoms with Gasteiger partial charge in [0.25, 0.3) is 0 Å². The summed E-state index contributed by atoms with van der Waals surface area (Å²) in [5, 5.41) is 0. The molecule has 2 aromatic rings. The fourth-order valence-electron chi connectivity index (χ4n) is 3.59. The van der Waals surface area contributed by atoms with Crippen LogP contribution < -0.4 is 0 Å². The van der Waals surface area contributed by atoms with Gasteiger partial charge in [0.2, 0.25) is 5.78 Å². The van der Waals surface area contributed by atoms with Crippen LogP contribution in [-0.2, 0) is 10.9 Å². The van der Waals surface area contributed by atoms with Crippen molar-refractivity contribution in [2.75, 3.05) is 13.1 Å². The molecule has 0 spiro atoms. The number of amides is 1. The summed E-state index contributed by atoms with van der Waals surface area (Å²) in [6.07, 6.45) is -3.58. The predicted molar refractivity (Wildman–Crippen MR) is 109 cm³/mol. The standard InChI is InChI=1S/C23H26F3NO4/c1-14-12-18(30-20(14)15-7-9-17(10-8-15)23(24,25)26)19(28)16-6-5-11-27(13-16)21(29)31-22(2,3)4/h7-10,12,16H,5-6,11,13H2,1-4H3. The molecular weight excluding hydrogens is 411 g/mol. The summed E-state index contributed by atoms with van der Waals surface area (Å²) in [6, 6.07) is 6.22.